The Hall–Kier alpha value is -3.94. The Labute approximate surface area is 191 Å². The van der Waals surface area contributed by atoms with Crippen molar-refractivity contribution in [3.05, 3.63) is 77.2 Å². The Balaban J connectivity index is 1.47. The first-order valence-corrected chi connectivity index (χ1v) is 10.6. The predicted molar refractivity (Wildman–Crippen MR) is 121 cm³/mol. The highest BCUT2D eigenvalue weighted by molar-refractivity contribution is 5.91. The fourth-order valence-electron chi connectivity index (χ4n) is 3.74. The van der Waals surface area contributed by atoms with E-state index in [4.69, 9.17) is 9.47 Å². The number of rotatable bonds is 8. The van der Waals surface area contributed by atoms with Crippen molar-refractivity contribution in [3.8, 4) is 17.2 Å². The van der Waals surface area contributed by atoms with Gasteiger partial charge in [0.15, 0.2) is 11.6 Å². The first-order valence-electron chi connectivity index (χ1n) is 10.6. The van der Waals surface area contributed by atoms with Crippen LogP contribution in [0.5, 0.6) is 17.2 Å². The molecule has 2 aromatic carbocycles. The molecule has 0 unspecified atom stereocenters. The number of aromatic nitrogens is 1. The minimum absolute atomic E-state index is 0.0317. The summed E-state index contributed by atoms with van der Waals surface area (Å²) in [4.78, 5) is 30.3. The van der Waals surface area contributed by atoms with E-state index in [1.807, 2.05) is 25.1 Å². The van der Waals surface area contributed by atoms with Gasteiger partial charge < -0.3 is 14.4 Å². The zero-order valence-electron chi connectivity index (χ0n) is 18.4. The van der Waals surface area contributed by atoms with E-state index in [1.54, 1.807) is 30.2 Å². The van der Waals surface area contributed by atoms with Crippen molar-refractivity contribution < 1.29 is 23.5 Å². The van der Waals surface area contributed by atoms with Crippen LogP contribution >= 0.6 is 0 Å². The molecule has 33 heavy (non-hydrogen) atoms. The van der Waals surface area contributed by atoms with Gasteiger partial charge in [0.1, 0.15) is 23.1 Å². The van der Waals surface area contributed by atoms with Crippen LogP contribution in [0.3, 0.4) is 0 Å². The average molecular weight is 449 g/mol. The lowest BCUT2D eigenvalue weighted by Crippen LogP contribution is -2.38. The highest BCUT2D eigenvalue weighted by atomic mass is 19.1. The summed E-state index contributed by atoms with van der Waals surface area (Å²) in [6.07, 6.45) is 1.79. The number of anilines is 1. The Morgan fingerprint density at radius 1 is 1.12 bits per heavy atom. The number of carbonyl (C=O) groups is 2. The number of carbonyl (C=O) groups excluding carboxylic acids is 2. The quantitative estimate of drug-likeness (QED) is 0.537. The number of Topliss-reactive ketones (excluding diaryl/α,β-unsaturated/α-hetero) is 1. The number of amides is 2. The van der Waals surface area contributed by atoms with E-state index in [1.165, 1.54) is 18.3 Å². The monoisotopic (exact) mass is 449 g/mol. The maximum Gasteiger partial charge on any atom is 0.323 e. The van der Waals surface area contributed by atoms with Gasteiger partial charge in [-0.3, -0.25) is 10.1 Å². The topological polar surface area (TPSA) is 80.8 Å². The van der Waals surface area contributed by atoms with E-state index in [9.17, 15) is 14.0 Å². The summed E-state index contributed by atoms with van der Waals surface area (Å²) in [6.45, 7) is 2.71. The molecular weight excluding hydrogens is 425 g/mol. The van der Waals surface area contributed by atoms with E-state index in [-0.39, 0.29) is 30.4 Å². The van der Waals surface area contributed by atoms with Crippen molar-refractivity contribution in [2.24, 2.45) is 0 Å². The number of nitrogens with zero attached hydrogens (tertiary/aromatic N) is 2. The van der Waals surface area contributed by atoms with Crippen LogP contribution in [0, 0.1) is 5.82 Å². The second-order valence-electron chi connectivity index (χ2n) is 7.65. The van der Waals surface area contributed by atoms with E-state index >= 15 is 0 Å². The Kier molecular flexibility index (Phi) is 6.53. The normalized spacial score (nSPS) is 12.7. The van der Waals surface area contributed by atoms with Gasteiger partial charge in [-0.1, -0.05) is 24.3 Å². The molecule has 170 valence electrons. The summed E-state index contributed by atoms with van der Waals surface area (Å²) in [7, 11) is 1.56. The van der Waals surface area contributed by atoms with E-state index in [0.29, 0.717) is 41.5 Å². The first-order chi connectivity index (χ1) is 16.0. The summed E-state index contributed by atoms with van der Waals surface area (Å²) in [5, 5.41) is 2.72. The average Bonchev–Trinajstić information content (AvgIpc) is 2.80. The molecule has 0 saturated carbocycles. The molecule has 0 bridgehead atoms. The largest absolute Gasteiger partial charge is 0.496 e. The first kappa shape index (κ1) is 22.3. The van der Waals surface area contributed by atoms with Gasteiger partial charge in [-0.2, -0.15) is 0 Å². The zero-order chi connectivity index (χ0) is 23.4. The summed E-state index contributed by atoms with van der Waals surface area (Å²) in [5.41, 5.74) is 2.02. The summed E-state index contributed by atoms with van der Waals surface area (Å²) >= 11 is 0. The molecule has 1 aliphatic heterocycles. The Morgan fingerprint density at radius 2 is 1.94 bits per heavy atom. The van der Waals surface area contributed by atoms with Gasteiger partial charge in [-0.15, -0.1) is 0 Å². The molecule has 4 rings (SSSR count). The van der Waals surface area contributed by atoms with Crippen LogP contribution in [-0.2, 0) is 24.2 Å². The number of hydrogen-bond donors (Lipinski definition) is 1. The molecule has 1 aromatic heterocycles. The van der Waals surface area contributed by atoms with Crippen LogP contribution in [-0.4, -0.2) is 35.4 Å². The Bertz CT molecular complexity index is 1200. The molecule has 0 saturated heterocycles. The lowest BCUT2D eigenvalue weighted by atomic mass is 10.0. The lowest BCUT2D eigenvalue weighted by molar-refractivity contribution is -0.117. The summed E-state index contributed by atoms with van der Waals surface area (Å²) in [5.74, 6) is 0.878. The van der Waals surface area contributed by atoms with E-state index < -0.39 is 5.82 Å². The van der Waals surface area contributed by atoms with Gasteiger partial charge in [0.25, 0.3) is 0 Å². The minimum atomic E-state index is -0.574. The molecule has 2 amide bonds. The maximum absolute atomic E-state index is 14.8. The number of halogens is 1. The molecule has 8 heteroatoms. The van der Waals surface area contributed by atoms with Crippen LogP contribution in [0.4, 0.5) is 15.0 Å². The molecule has 7 nitrogen and oxygen atoms in total. The fraction of sp³-hybridized carbons (Fsp3) is 0.240. The molecule has 2 heterocycles. The third-order valence-electron chi connectivity index (χ3n) is 5.45. The smallest absolute Gasteiger partial charge is 0.323 e. The van der Waals surface area contributed by atoms with Crippen molar-refractivity contribution in [1.29, 1.82) is 0 Å². The van der Waals surface area contributed by atoms with Crippen molar-refractivity contribution in [2.45, 2.75) is 26.3 Å². The number of fused-ring (bicyclic) bond motifs is 1. The highest BCUT2D eigenvalue weighted by Gasteiger charge is 2.25. The SMILES string of the molecule is CCN1Cc2c(Oc3ccc(CC(=O)Cc4ccccc4OC)cc3F)ccnc2NC1=O. The van der Waals surface area contributed by atoms with E-state index in [0.717, 1.165) is 5.56 Å². The molecule has 0 radical (unpaired) electrons. The molecule has 1 N–H and O–H groups in total. The van der Waals surface area contributed by atoms with Gasteiger partial charge in [0.05, 0.1) is 19.2 Å². The highest BCUT2D eigenvalue weighted by Crippen LogP contribution is 2.34. The molecule has 0 fully saturated rings. The van der Waals surface area contributed by atoms with Crippen LogP contribution < -0.4 is 14.8 Å². The number of pyridine rings is 1. The van der Waals surface area contributed by atoms with Crippen molar-refractivity contribution in [3.63, 3.8) is 0 Å². The van der Waals surface area contributed by atoms with Gasteiger partial charge in [-0.25, -0.2) is 14.2 Å². The standard InChI is InChI=1S/C25H24FN3O4/c1-3-29-15-19-22(10-11-27-24(19)28-25(29)31)33-23-9-8-16(13-20(23)26)12-18(30)14-17-6-4-5-7-21(17)32-2/h4-11,13H,3,12,14-15H2,1-2H3,(H,27,28,31). The maximum atomic E-state index is 14.8. The zero-order valence-corrected chi connectivity index (χ0v) is 18.4. The number of para-hydroxylation sites is 1. The number of ketones is 1. The Morgan fingerprint density at radius 3 is 2.70 bits per heavy atom. The summed E-state index contributed by atoms with van der Waals surface area (Å²) < 4.78 is 25.9. The molecule has 1 aliphatic rings. The predicted octanol–water partition coefficient (Wildman–Crippen LogP) is 4.74. The number of benzene rings is 2. The molecule has 0 atom stereocenters. The number of urea groups is 1. The minimum Gasteiger partial charge on any atom is -0.496 e. The molecule has 0 aliphatic carbocycles. The number of methoxy groups -OCH3 is 1. The van der Waals surface area contributed by atoms with Crippen molar-refractivity contribution in [2.75, 3.05) is 19.0 Å². The third-order valence-corrected chi connectivity index (χ3v) is 5.45. The van der Waals surface area contributed by atoms with Gasteiger partial charge in [0, 0.05) is 31.1 Å². The fourth-order valence-corrected chi connectivity index (χ4v) is 3.74. The molecule has 3 aromatic rings. The lowest BCUT2D eigenvalue weighted by Gasteiger charge is -2.28. The number of hydrogen-bond acceptors (Lipinski definition) is 5. The van der Waals surface area contributed by atoms with Gasteiger partial charge in [-0.05, 0) is 36.8 Å². The van der Waals surface area contributed by atoms with Gasteiger partial charge >= 0.3 is 6.03 Å². The van der Waals surface area contributed by atoms with Crippen LogP contribution in [0.1, 0.15) is 23.6 Å². The number of ether oxygens (including phenoxy) is 2. The third kappa shape index (κ3) is 4.95. The van der Waals surface area contributed by atoms with Crippen molar-refractivity contribution in [1.82, 2.24) is 9.88 Å². The molecule has 0 spiro atoms. The van der Waals surface area contributed by atoms with Crippen LogP contribution in [0.2, 0.25) is 0 Å². The second kappa shape index (κ2) is 9.68. The van der Waals surface area contributed by atoms with Crippen LogP contribution in [0.25, 0.3) is 0 Å². The molecular formula is C25H24FN3O4. The number of nitrogens with one attached hydrogen (secondary N) is 1. The van der Waals surface area contributed by atoms with E-state index in [2.05, 4.69) is 10.3 Å². The van der Waals surface area contributed by atoms with Crippen LogP contribution in [0.15, 0.2) is 54.7 Å². The van der Waals surface area contributed by atoms with Gasteiger partial charge in [0.2, 0.25) is 0 Å². The second-order valence-corrected chi connectivity index (χ2v) is 7.65. The summed E-state index contributed by atoms with van der Waals surface area (Å²) in [6, 6.07) is 13.2. The van der Waals surface area contributed by atoms with Crippen molar-refractivity contribution >= 4 is 17.6 Å².